The number of fused-ring (bicyclic) bond motifs is 1. The molecule has 4 N–H and O–H groups in total. The van der Waals surface area contributed by atoms with E-state index in [-0.39, 0.29) is 18.0 Å². The van der Waals surface area contributed by atoms with E-state index >= 15 is 0 Å². The van der Waals surface area contributed by atoms with Crippen LogP contribution in [0.3, 0.4) is 0 Å². The van der Waals surface area contributed by atoms with Gasteiger partial charge in [-0.1, -0.05) is 12.1 Å². The number of hydrogen-bond acceptors (Lipinski definition) is 7. The Hall–Kier alpha value is -4.82. The second-order valence-corrected chi connectivity index (χ2v) is 10.9. The molecule has 0 aliphatic carbocycles. The summed E-state index contributed by atoms with van der Waals surface area (Å²) < 4.78 is 16.0. The lowest BCUT2D eigenvalue weighted by molar-refractivity contribution is -0.120. The molecule has 0 saturated carbocycles. The van der Waals surface area contributed by atoms with Crippen LogP contribution in [0.2, 0.25) is 0 Å². The summed E-state index contributed by atoms with van der Waals surface area (Å²) >= 11 is 0. The average Bonchev–Trinajstić information content (AvgIpc) is 3.33. The van der Waals surface area contributed by atoms with Crippen molar-refractivity contribution in [2.45, 2.75) is 51.9 Å². The fourth-order valence-corrected chi connectivity index (χ4v) is 4.30. The Bertz CT molecular complexity index is 1630. The van der Waals surface area contributed by atoms with Crippen LogP contribution in [0.25, 0.3) is 16.9 Å². The quantitative estimate of drug-likeness (QED) is 0.241. The van der Waals surface area contributed by atoms with Crippen LogP contribution in [-0.2, 0) is 10.3 Å². The van der Waals surface area contributed by atoms with E-state index in [1.54, 1.807) is 16.6 Å². The van der Waals surface area contributed by atoms with Crippen molar-refractivity contribution in [3.05, 3.63) is 77.6 Å². The fraction of sp³-hybridized carbons (Fsp3) is 0.300. The molecule has 0 radical (unpaired) electrons. The van der Waals surface area contributed by atoms with Crippen molar-refractivity contribution in [1.29, 1.82) is 5.26 Å². The number of rotatable bonds is 9. The molecule has 0 saturated heterocycles. The maximum Gasteiger partial charge on any atom is 0.255 e. The van der Waals surface area contributed by atoms with E-state index in [4.69, 9.17) is 0 Å². The number of carbonyl (C=O) groups excluding carboxylic acids is 2. The Kier molecular flexibility index (Phi) is 8.07. The van der Waals surface area contributed by atoms with Crippen LogP contribution in [0.1, 0.15) is 56.1 Å². The van der Waals surface area contributed by atoms with Crippen LogP contribution in [0, 0.1) is 11.3 Å². The zero-order chi connectivity index (χ0) is 29.9. The van der Waals surface area contributed by atoms with E-state index in [0.717, 1.165) is 5.56 Å². The summed E-state index contributed by atoms with van der Waals surface area (Å²) in [5.41, 5.74) is 2.19. The highest BCUT2D eigenvalue weighted by atomic mass is 19.1. The Labute approximate surface area is 237 Å². The van der Waals surface area contributed by atoms with E-state index in [1.165, 1.54) is 33.2 Å². The molecule has 4 aromatic rings. The van der Waals surface area contributed by atoms with Gasteiger partial charge in [-0.2, -0.15) is 10.4 Å². The maximum absolute atomic E-state index is 14.3. The molecular formula is C30H32FN7O3. The van der Waals surface area contributed by atoms with E-state index in [2.05, 4.69) is 32.1 Å². The van der Waals surface area contributed by atoms with Crippen LogP contribution < -0.4 is 16.0 Å². The number of amides is 2. The van der Waals surface area contributed by atoms with Crippen LogP contribution in [0.15, 0.2) is 60.9 Å². The molecule has 212 valence electrons. The molecule has 41 heavy (non-hydrogen) atoms. The van der Waals surface area contributed by atoms with Crippen molar-refractivity contribution in [3.8, 4) is 17.5 Å². The van der Waals surface area contributed by atoms with Crippen molar-refractivity contribution in [1.82, 2.24) is 25.2 Å². The van der Waals surface area contributed by atoms with Gasteiger partial charge in [-0.3, -0.25) is 14.6 Å². The Balaban J connectivity index is 1.69. The number of carbonyl (C=O) groups is 2. The predicted molar refractivity (Wildman–Crippen MR) is 153 cm³/mol. The van der Waals surface area contributed by atoms with E-state index in [1.807, 2.05) is 50.2 Å². The van der Waals surface area contributed by atoms with Crippen LogP contribution in [0.4, 0.5) is 15.8 Å². The van der Waals surface area contributed by atoms with Crippen molar-refractivity contribution >= 4 is 28.7 Å². The average molecular weight is 558 g/mol. The van der Waals surface area contributed by atoms with Crippen molar-refractivity contribution in [2.24, 2.45) is 0 Å². The summed E-state index contributed by atoms with van der Waals surface area (Å²) in [5, 5.41) is 32.1. The molecule has 0 aliphatic heterocycles. The first-order chi connectivity index (χ1) is 19.3. The number of benzene rings is 1. The predicted octanol–water partition coefficient (Wildman–Crippen LogP) is 4.22. The van der Waals surface area contributed by atoms with Gasteiger partial charge in [0.1, 0.15) is 12.2 Å². The van der Waals surface area contributed by atoms with Gasteiger partial charge in [-0.05, 0) is 69.7 Å². The van der Waals surface area contributed by atoms with Gasteiger partial charge in [-0.15, -0.1) is 0 Å². The first kappa shape index (κ1) is 29.2. The summed E-state index contributed by atoms with van der Waals surface area (Å²) in [6.07, 6.45) is 1.17. The number of hydrogen-bond donors (Lipinski definition) is 4. The zero-order valence-corrected chi connectivity index (χ0v) is 23.5. The van der Waals surface area contributed by atoms with Crippen molar-refractivity contribution in [3.63, 3.8) is 0 Å². The highest BCUT2D eigenvalue weighted by Crippen LogP contribution is 2.29. The van der Waals surface area contributed by atoms with Gasteiger partial charge < -0.3 is 21.1 Å². The summed E-state index contributed by atoms with van der Waals surface area (Å²) in [4.78, 5) is 29.2. The first-order valence-corrected chi connectivity index (χ1v) is 13.0. The smallest absolute Gasteiger partial charge is 0.255 e. The normalized spacial score (nSPS) is 12.4. The molecule has 3 heterocycles. The number of anilines is 2. The minimum absolute atomic E-state index is 0.145. The lowest BCUT2D eigenvalue weighted by Crippen LogP contribution is -2.42. The zero-order valence-electron chi connectivity index (χ0n) is 23.5. The fourth-order valence-electron chi connectivity index (χ4n) is 4.30. The number of pyridine rings is 1. The lowest BCUT2D eigenvalue weighted by Gasteiger charge is -2.26. The number of aromatic nitrogens is 3. The van der Waals surface area contributed by atoms with Crippen LogP contribution >= 0.6 is 0 Å². The third-order valence-corrected chi connectivity index (χ3v) is 6.62. The highest BCUT2D eigenvalue weighted by molar-refractivity contribution is 6.00. The van der Waals surface area contributed by atoms with Gasteiger partial charge in [-0.25, -0.2) is 8.91 Å². The third kappa shape index (κ3) is 6.67. The molecular weight excluding hydrogens is 525 g/mol. The SMILES string of the molecule is CC(=O)NC(C)(C)c1ccc(Nc2cc(-c3ccc4cc(C#N)cnn34)ncc2C(=O)NCC(F)C(C)(C)O)cc1. The molecule has 0 fully saturated rings. The number of alkyl halides is 1. The third-order valence-electron chi connectivity index (χ3n) is 6.62. The van der Waals surface area contributed by atoms with E-state index in [0.29, 0.717) is 33.8 Å². The number of aliphatic hydroxyl groups is 1. The van der Waals surface area contributed by atoms with Crippen molar-refractivity contribution in [2.75, 3.05) is 11.9 Å². The molecule has 10 nitrogen and oxygen atoms in total. The highest BCUT2D eigenvalue weighted by Gasteiger charge is 2.27. The topological polar surface area (TPSA) is 144 Å². The number of nitrogens with zero attached hydrogens (tertiary/aromatic N) is 4. The molecule has 0 spiro atoms. The van der Waals surface area contributed by atoms with Crippen LogP contribution in [0.5, 0.6) is 0 Å². The molecule has 3 aromatic heterocycles. The van der Waals surface area contributed by atoms with Gasteiger partial charge in [0.15, 0.2) is 0 Å². The second-order valence-electron chi connectivity index (χ2n) is 10.9. The largest absolute Gasteiger partial charge is 0.387 e. The number of nitrogens with one attached hydrogen (secondary N) is 3. The maximum atomic E-state index is 14.3. The van der Waals surface area contributed by atoms with Gasteiger partial charge in [0.05, 0.1) is 57.6 Å². The molecule has 4 rings (SSSR count). The summed E-state index contributed by atoms with van der Waals surface area (Å²) in [6, 6.07) is 16.5. The molecule has 1 atom stereocenters. The Morgan fingerprint density at radius 3 is 2.44 bits per heavy atom. The molecule has 1 unspecified atom stereocenters. The molecule has 0 aliphatic rings. The van der Waals surface area contributed by atoms with Crippen molar-refractivity contribution < 1.29 is 19.1 Å². The minimum atomic E-state index is -1.67. The lowest BCUT2D eigenvalue weighted by atomic mass is 9.94. The molecule has 0 bridgehead atoms. The first-order valence-electron chi connectivity index (χ1n) is 13.0. The monoisotopic (exact) mass is 557 g/mol. The van der Waals surface area contributed by atoms with Crippen LogP contribution in [-0.4, -0.2) is 49.8 Å². The Morgan fingerprint density at radius 2 is 1.80 bits per heavy atom. The van der Waals surface area contributed by atoms with Gasteiger partial charge in [0, 0.05) is 18.8 Å². The molecule has 2 amide bonds. The van der Waals surface area contributed by atoms with E-state index in [9.17, 15) is 24.3 Å². The Morgan fingerprint density at radius 1 is 1.10 bits per heavy atom. The summed E-state index contributed by atoms with van der Waals surface area (Å²) in [6.45, 7) is 7.54. The number of nitriles is 1. The number of halogens is 1. The standard InChI is InChI=1S/C30H32FN7O3/c1-18(39)37-29(2,3)20-6-8-21(9-7-20)36-24-13-25(26-11-10-22-12-19(14-32)15-35-38(22)26)33-16-23(24)28(40)34-17-27(31)30(4,5)41/h6-13,15-16,27,41H,17H2,1-5H3,(H,33,36)(H,34,40)(H,37,39). The van der Waals surface area contributed by atoms with Gasteiger partial charge in [0.25, 0.3) is 5.91 Å². The molecule has 11 heteroatoms. The summed E-state index contributed by atoms with van der Waals surface area (Å²) in [5.74, 6) is -0.716. The van der Waals surface area contributed by atoms with Gasteiger partial charge >= 0.3 is 0 Å². The minimum Gasteiger partial charge on any atom is -0.387 e. The molecule has 1 aromatic carbocycles. The van der Waals surface area contributed by atoms with Gasteiger partial charge in [0.2, 0.25) is 5.91 Å². The van der Waals surface area contributed by atoms with E-state index < -0.39 is 23.2 Å². The summed E-state index contributed by atoms with van der Waals surface area (Å²) in [7, 11) is 0. The second kappa shape index (κ2) is 11.3.